The third kappa shape index (κ3) is 5.13. The van der Waals surface area contributed by atoms with Crippen molar-refractivity contribution in [3.05, 3.63) is 46.8 Å². The molecule has 196 valence electrons. The van der Waals surface area contributed by atoms with Gasteiger partial charge in [0.15, 0.2) is 16.3 Å². The molecule has 3 aromatic rings. The molecule has 1 aromatic heterocycles. The molecular formula is C25H27N3O7S2. The van der Waals surface area contributed by atoms with Gasteiger partial charge in [-0.05, 0) is 49.9 Å². The van der Waals surface area contributed by atoms with Gasteiger partial charge in [0.2, 0.25) is 16.8 Å². The van der Waals surface area contributed by atoms with Crippen LogP contribution in [0, 0.1) is 5.92 Å². The summed E-state index contributed by atoms with van der Waals surface area (Å²) in [4.78, 5) is 30.1. The van der Waals surface area contributed by atoms with E-state index in [0.29, 0.717) is 40.8 Å². The molecule has 12 heteroatoms. The SMILES string of the molecule is CCOC(=O)Cn1c(=NC(=O)c2ccc(S(=O)(=O)N3CCC(C)CC3)cc2)sc2cc3c(cc21)OCO3. The Kier molecular flexibility index (Phi) is 7.06. The Morgan fingerprint density at radius 3 is 2.46 bits per heavy atom. The van der Waals surface area contributed by atoms with Crippen LogP contribution < -0.4 is 14.3 Å². The number of hydrogen-bond acceptors (Lipinski definition) is 8. The van der Waals surface area contributed by atoms with Crippen molar-refractivity contribution in [2.75, 3.05) is 26.5 Å². The Morgan fingerprint density at radius 1 is 1.11 bits per heavy atom. The lowest BCUT2D eigenvalue weighted by atomic mass is 10.0. The number of ether oxygens (including phenoxy) is 3. The van der Waals surface area contributed by atoms with Crippen molar-refractivity contribution in [3.8, 4) is 11.5 Å². The van der Waals surface area contributed by atoms with Crippen LogP contribution in [0.15, 0.2) is 46.3 Å². The maximum absolute atomic E-state index is 13.1. The number of sulfonamides is 1. The van der Waals surface area contributed by atoms with Crippen molar-refractivity contribution in [1.29, 1.82) is 0 Å². The molecule has 2 aliphatic rings. The summed E-state index contributed by atoms with van der Waals surface area (Å²) in [6.45, 7) is 5.03. The van der Waals surface area contributed by atoms with Crippen LogP contribution in [-0.2, 0) is 26.1 Å². The molecule has 0 bridgehead atoms. The van der Waals surface area contributed by atoms with E-state index >= 15 is 0 Å². The molecule has 0 N–H and O–H groups in total. The van der Waals surface area contributed by atoms with Crippen molar-refractivity contribution in [2.45, 2.75) is 38.1 Å². The van der Waals surface area contributed by atoms with Crippen LogP contribution >= 0.6 is 11.3 Å². The van der Waals surface area contributed by atoms with Gasteiger partial charge in [0, 0.05) is 30.8 Å². The average Bonchev–Trinajstić information content (AvgIpc) is 3.47. The molecule has 0 atom stereocenters. The second kappa shape index (κ2) is 10.3. The Hall–Kier alpha value is -3.22. The normalized spacial score (nSPS) is 16.9. The molecule has 2 aliphatic heterocycles. The summed E-state index contributed by atoms with van der Waals surface area (Å²) >= 11 is 1.23. The van der Waals surface area contributed by atoms with Gasteiger partial charge < -0.3 is 18.8 Å². The largest absolute Gasteiger partial charge is 0.465 e. The molecule has 3 heterocycles. The quantitative estimate of drug-likeness (QED) is 0.437. The van der Waals surface area contributed by atoms with E-state index in [1.165, 1.54) is 39.9 Å². The number of benzene rings is 2. The van der Waals surface area contributed by atoms with Crippen molar-refractivity contribution >= 4 is 43.5 Å². The maximum Gasteiger partial charge on any atom is 0.326 e. The van der Waals surface area contributed by atoms with Crippen molar-refractivity contribution in [1.82, 2.24) is 8.87 Å². The number of piperidine rings is 1. The zero-order valence-electron chi connectivity index (χ0n) is 20.5. The summed E-state index contributed by atoms with van der Waals surface area (Å²) in [6.07, 6.45) is 1.66. The summed E-state index contributed by atoms with van der Waals surface area (Å²) in [6, 6.07) is 9.33. The Morgan fingerprint density at radius 2 is 1.78 bits per heavy atom. The van der Waals surface area contributed by atoms with Gasteiger partial charge >= 0.3 is 5.97 Å². The zero-order chi connectivity index (χ0) is 26.2. The van der Waals surface area contributed by atoms with Crippen molar-refractivity contribution in [2.24, 2.45) is 10.9 Å². The number of carbonyl (C=O) groups is 2. The number of hydrogen-bond donors (Lipinski definition) is 0. The van der Waals surface area contributed by atoms with Crippen molar-refractivity contribution in [3.63, 3.8) is 0 Å². The fourth-order valence-corrected chi connectivity index (χ4v) is 6.84. The first-order chi connectivity index (χ1) is 17.8. The Labute approximate surface area is 218 Å². The number of aromatic nitrogens is 1. The van der Waals surface area contributed by atoms with E-state index in [2.05, 4.69) is 11.9 Å². The van der Waals surface area contributed by atoms with Gasteiger partial charge in [-0.15, -0.1) is 0 Å². The summed E-state index contributed by atoms with van der Waals surface area (Å²) in [5.74, 6) is 0.612. The minimum absolute atomic E-state index is 0.114. The first-order valence-corrected chi connectivity index (χ1v) is 14.3. The fourth-order valence-electron chi connectivity index (χ4n) is 4.33. The number of amides is 1. The number of thiazole rings is 1. The van der Waals surface area contributed by atoms with Crippen LogP contribution in [0.3, 0.4) is 0 Å². The Bertz CT molecular complexity index is 1520. The minimum atomic E-state index is -3.62. The molecule has 37 heavy (non-hydrogen) atoms. The molecule has 0 spiro atoms. The van der Waals surface area contributed by atoms with Crippen LogP contribution in [0.5, 0.6) is 11.5 Å². The number of fused-ring (bicyclic) bond motifs is 2. The molecule has 0 radical (unpaired) electrons. The van der Waals surface area contributed by atoms with Gasteiger partial charge in [-0.3, -0.25) is 9.59 Å². The van der Waals surface area contributed by atoms with Gasteiger partial charge in [-0.25, -0.2) is 8.42 Å². The molecule has 10 nitrogen and oxygen atoms in total. The van der Waals surface area contributed by atoms with Crippen molar-refractivity contribution < 1.29 is 32.2 Å². The lowest BCUT2D eigenvalue weighted by Gasteiger charge is -2.29. The first kappa shape index (κ1) is 25.4. The summed E-state index contributed by atoms with van der Waals surface area (Å²) in [7, 11) is -3.62. The predicted octanol–water partition coefficient (Wildman–Crippen LogP) is 3.16. The van der Waals surface area contributed by atoms with E-state index in [-0.39, 0.29) is 30.4 Å². The molecule has 5 rings (SSSR count). The molecule has 0 saturated carbocycles. The van der Waals surface area contributed by atoms with Gasteiger partial charge in [-0.2, -0.15) is 9.30 Å². The van der Waals surface area contributed by atoms with Crippen LogP contribution in [0.2, 0.25) is 0 Å². The van der Waals surface area contributed by atoms with Gasteiger partial charge in [0.1, 0.15) is 6.54 Å². The van der Waals surface area contributed by atoms with E-state index in [1.807, 2.05) is 0 Å². The predicted molar refractivity (Wildman–Crippen MR) is 136 cm³/mol. The second-order valence-corrected chi connectivity index (χ2v) is 11.9. The molecule has 0 unspecified atom stereocenters. The zero-order valence-corrected chi connectivity index (χ0v) is 22.1. The van der Waals surface area contributed by atoms with Crippen LogP contribution in [0.1, 0.15) is 37.0 Å². The highest BCUT2D eigenvalue weighted by Gasteiger charge is 2.28. The third-order valence-corrected chi connectivity index (χ3v) is 9.40. The standard InChI is InChI=1S/C25H27N3O7S2/c1-3-33-23(29)14-28-19-12-20-21(35-15-34-20)13-22(19)36-25(28)26-24(30)17-4-6-18(7-5-17)37(31,32)27-10-8-16(2)9-11-27/h4-7,12-13,16H,3,8-11,14-15H2,1-2H3. The summed E-state index contributed by atoms with van der Waals surface area (Å²) < 4.78 is 45.9. The number of carbonyl (C=O) groups excluding carboxylic acids is 2. The van der Waals surface area contributed by atoms with Crippen LogP contribution in [0.25, 0.3) is 10.2 Å². The lowest BCUT2D eigenvalue weighted by Crippen LogP contribution is -2.37. The number of nitrogens with zero attached hydrogens (tertiary/aromatic N) is 3. The van der Waals surface area contributed by atoms with E-state index in [9.17, 15) is 18.0 Å². The monoisotopic (exact) mass is 545 g/mol. The van der Waals surface area contributed by atoms with Crippen LogP contribution in [0.4, 0.5) is 0 Å². The average molecular weight is 546 g/mol. The molecule has 2 aromatic carbocycles. The second-order valence-electron chi connectivity index (χ2n) is 8.98. The molecule has 1 saturated heterocycles. The third-order valence-electron chi connectivity index (χ3n) is 6.45. The highest BCUT2D eigenvalue weighted by Crippen LogP contribution is 2.37. The Balaban J connectivity index is 1.46. The minimum Gasteiger partial charge on any atom is -0.465 e. The van der Waals surface area contributed by atoms with E-state index in [4.69, 9.17) is 14.2 Å². The van der Waals surface area contributed by atoms with E-state index in [0.717, 1.165) is 17.5 Å². The molecular weight excluding hydrogens is 518 g/mol. The fraction of sp³-hybridized carbons (Fsp3) is 0.400. The van der Waals surface area contributed by atoms with Gasteiger partial charge in [0.25, 0.3) is 5.91 Å². The highest BCUT2D eigenvalue weighted by molar-refractivity contribution is 7.89. The van der Waals surface area contributed by atoms with E-state index in [1.54, 1.807) is 23.6 Å². The summed E-state index contributed by atoms with van der Waals surface area (Å²) in [5, 5.41) is 0. The van der Waals surface area contributed by atoms with Gasteiger partial charge in [-0.1, -0.05) is 18.3 Å². The molecule has 1 fully saturated rings. The summed E-state index contributed by atoms with van der Waals surface area (Å²) in [5.41, 5.74) is 0.895. The highest BCUT2D eigenvalue weighted by atomic mass is 32.2. The maximum atomic E-state index is 13.1. The smallest absolute Gasteiger partial charge is 0.326 e. The molecule has 0 aliphatic carbocycles. The lowest BCUT2D eigenvalue weighted by molar-refractivity contribution is -0.143. The molecule has 1 amide bonds. The number of esters is 1. The van der Waals surface area contributed by atoms with E-state index < -0.39 is 21.9 Å². The first-order valence-electron chi connectivity index (χ1n) is 12.0. The van der Waals surface area contributed by atoms with Crippen LogP contribution in [-0.4, -0.2) is 55.7 Å². The van der Waals surface area contributed by atoms with Gasteiger partial charge in [0.05, 0.1) is 21.7 Å². The topological polar surface area (TPSA) is 117 Å². The number of rotatable bonds is 6.